The van der Waals surface area contributed by atoms with Gasteiger partial charge in [0.25, 0.3) is 5.56 Å². The van der Waals surface area contributed by atoms with Crippen molar-refractivity contribution >= 4 is 23.4 Å². The highest BCUT2D eigenvalue weighted by Gasteiger charge is 2.33. The van der Waals surface area contributed by atoms with Crippen molar-refractivity contribution in [1.29, 1.82) is 0 Å². The summed E-state index contributed by atoms with van der Waals surface area (Å²) in [7, 11) is 0. The van der Waals surface area contributed by atoms with E-state index in [0.717, 1.165) is 22.6 Å². The van der Waals surface area contributed by atoms with Gasteiger partial charge in [-0.3, -0.25) is 9.36 Å². The second kappa shape index (κ2) is 9.67. The van der Waals surface area contributed by atoms with E-state index in [1.54, 1.807) is 26.0 Å². The summed E-state index contributed by atoms with van der Waals surface area (Å²) in [5.41, 5.74) is 4.71. The quantitative estimate of drug-likeness (QED) is 0.412. The fourth-order valence-corrected chi connectivity index (χ4v) is 5.61. The first-order valence-corrected chi connectivity index (χ1v) is 12.7. The molecule has 9 heteroatoms. The van der Waals surface area contributed by atoms with Crippen LogP contribution in [0.15, 0.2) is 75.7 Å². The Morgan fingerprint density at radius 2 is 1.81 bits per heavy atom. The van der Waals surface area contributed by atoms with Gasteiger partial charge in [0.05, 0.1) is 39.8 Å². The number of hydrogen-bond donors (Lipinski definition) is 1. The van der Waals surface area contributed by atoms with Gasteiger partial charge in [0, 0.05) is 11.3 Å². The first-order valence-electron chi connectivity index (χ1n) is 11.9. The standard InChI is InChI=1S/C28H26N4O4S/c1-5-36-27(35)24-17(3)29-28-31(25(24)19-11-13-21(33)14-12-19)26(34)23(37-28)15-22-16(2)30-32(18(22)4)20-9-7-6-8-10-20/h6-15,25,33H,5H2,1-4H3/b23-15+/t25-/m1/s1. The number of esters is 1. The van der Waals surface area contributed by atoms with Gasteiger partial charge in [-0.1, -0.05) is 41.7 Å². The molecule has 37 heavy (non-hydrogen) atoms. The van der Waals surface area contributed by atoms with E-state index in [1.165, 1.54) is 28.0 Å². The number of ether oxygens (including phenoxy) is 1. The predicted octanol–water partition coefficient (Wildman–Crippen LogP) is 3.31. The number of para-hydroxylation sites is 1. The van der Waals surface area contributed by atoms with Crippen LogP contribution in [0.1, 0.15) is 42.4 Å². The molecule has 2 aromatic heterocycles. The summed E-state index contributed by atoms with van der Waals surface area (Å²) in [4.78, 5) is 31.9. The van der Waals surface area contributed by atoms with Crippen LogP contribution in [0.25, 0.3) is 11.8 Å². The van der Waals surface area contributed by atoms with E-state index in [9.17, 15) is 14.7 Å². The van der Waals surface area contributed by atoms with Gasteiger partial charge in [-0.05, 0) is 63.6 Å². The van der Waals surface area contributed by atoms with Gasteiger partial charge in [0.2, 0.25) is 0 Å². The van der Waals surface area contributed by atoms with Crippen LogP contribution in [0, 0.1) is 13.8 Å². The fraction of sp³-hybridized carbons (Fsp3) is 0.214. The maximum absolute atomic E-state index is 13.8. The molecule has 0 aliphatic carbocycles. The minimum absolute atomic E-state index is 0.0934. The molecule has 0 saturated heterocycles. The molecule has 3 heterocycles. The lowest BCUT2D eigenvalue weighted by Gasteiger charge is -2.24. The first-order chi connectivity index (χ1) is 17.8. The molecule has 0 amide bonds. The van der Waals surface area contributed by atoms with Crippen molar-refractivity contribution in [2.75, 3.05) is 6.61 Å². The zero-order chi connectivity index (χ0) is 26.3. The number of phenols is 1. The predicted molar refractivity (Wildman–Crippen MR) is 142 cm³/mol. The molecule has 0 unspecified atom stereocenters. The molecule has 188 valence electrons. The van der Waals surface area contributed by atoms with Gasteiger partial charge < -0.3 is 9.84 Å². The highest BCUT2D eigenvalue weighted by Crippen LogP contribution is 2.31. The molecular formula is C28H26N4O4S. The van der Waals surface area contributed by atoms with Crippen molar-refractivity contribution in [2.24, 2.45) is 4.99 Å². The summed E-state index contributed by atoms with van der Waals surface area (Å²) in [6.45, 7) is 7.57. The molecule has 0 radical (unpaired) electrons. The minimum Gasteiger partial charge on any atom is -0.508 e. The Balaban J connectivity index is 1.70. The molecule has 5 rings (SSSR count). The van der Waals surface area contributed by atoms with E-state index in [0.29, 0.717) is 26.2 Å². The number of nitrogens with zero attached hydrogens (tertiary/aromatic N) is 4. The summed E-state index contributed by atoms with van der Waals surface area (Å²) in [5.74, 6) is -0.428. The third-order valence-electron chi connectivity index (χ3n) is 6.35. The van der Waals surface area contributed by atoms with Crippen LogP contribution in [0.4, 0.5) is 0 Å². The largest absolute Gasteiger partial charge is 0.508 e. The third-order valence-corrected chi connectivity index (χ3v) is 7.33. The van der Waals surface area contributed by atoms with E-state index in [2.05, 4.69) is 4.99 Å². The van der Waals surface area contributed by atoms with Crippen LogP contribution in [0.3, 0.4) is 0 Å². The zero-order valence-electron chi connectivity index (χ0n) is 20.9. The molecule has 0 bridgehead atoms. The Hall–Kier alpha value is -4.24. The summed E-state index contributed by atoms with van der Waals surface area (Å²) < 4.78 is 9.21. The summed E-state index contributed by atoms with van der Waals surface area (Å²) in [6, 6.07) is 15.6. The van der Waals surface area contributed by atoms with Gasteiger partial charge in [-0.2, -0.15) is 5.10 Å². The Bertz CT molecular complexity index is 1710. The SMILES string of the molecule is CCOC(=O)C1=C(C)N=c2s/c(=C/c3c(C)nn(-c4ccccc4)c3C)c(=O)n2[C@@H]1c1ccc(O)cc1. The van der Waals surface area contributed by atoms with Gasteiger partial charge in [-0.15, -0.1) is 0 Å². The fourth-order valence-electron chi connectivity index (χ4n) is 4.58. The number of aromatic nitrogens is 3. The van der Waals surface area contributed by atoms with Gasteiger partial charge in [-0.25, -0.2) is 14.5 Å². The van der Waals surface area contributed by atoms with E-state index in [4.69, 9.17) is 9.84 Å². The molecule has 0 spiro atoms. The van der Waals surface area contributed by atoms with Crippen molar-refractivity contribution in [3.8, 4) is 11.4 Å². The summed E-state index contributed by atoms with van der Waals surface area (Å²) >= 11 is 1.27. The zero-order valence-corrected chi connectivity index (χ0v) is 21.7. The normalized spacial score (nSPS) is 15.5. The van der Waals surface area contributed by atoms with Crippen LogP contribution in [0.5, 0.6) is 5.75 Å². The van der Waals surface area contributed by atoms with Crippen LogP contribution < -0.4 is 14.9 Å². The van der Waals surface area contributed by atoms with Crippen LogP contribution in [-0.4, -0.2) is 32.0 Å². The van der Waals surface area contributed by atoms with Crippen molar-refractivity contribution in [3.63, 3.8) is 0 Å². The summed E-state index contributed by atoms with van der Waals surface area (Å²) in [6.07, 6.45) is 1.85. The van der Waals surface area contributed by atoms with Crippen molar-refractivity contribution in [2.45, 2.75) is 33.7 Å². The molecule has 1 aliphatic rings. The maximum Gasteiger partial charge on any atom is 0.338 e. The number of hydrogen-bond acceptors (Lipinski definition) is 7. The molecule has 2 aromatic carbocycles. The Labute approximate surface area is 217 Å². The van der Waals surface area contributed by atoms with Gasteiger partial charge in [0.1, 0.15) is 5.75 Å². The van der Waals surface area contributed by atoms with Crippen LogP contribution in [-0.2, 0) is 9.53 Å². The average Bonchev–Trinajstić information content (AvgIpc) is 3.34. The van der Waals surface area contributed by atoms with Crippen molar-refractivity contribution in [3.05, 3.63) is 108 Å². The number of allylic oxidation sites excluding steroid dienone is 1. The highest BCUT2D eigenvalue weighted by molar-refractivity contribution is 7.07. The number of thiazole rings is 1. The number of fused-ring (bicyclic) bond motifs is 1. The number of benzene rings is 2. The highest BCUT2D eigenvalue weighted by atomic mass is 32.1. The average molecular weight is 515 g/mol. The summed E-state index contributed by atoms with van der Waals surface area (Å²) in [5, 5.41) is 14.5. The number of carbonyl (C=O) groups is 1. The minimum atomic E-state index is -0.729. The Morgan fingerprint density at radius 3 is 2.49 bits per heavy atom. The molecule has 8 nitrogen and oxygen atoms in total. The molecule has 1 N–H and O–H groups in total. The van der Waals surface area contributed by atoms with Crippen LogP contribution >= 0.6 is 11.3 Å². The number of rotatable bonds is 5. The van der Waals surface area contributed by atoms with Crippen molar-refractivity contribution < 1.29 is 14.6 Å². The Kier molecular flexibility index (Phi) is 6.39. The van der Waals surface area contributed by atoms with Crippen molar-refractivity contribution in [1.82, 2.24) is 14.3 Å². The second-order valence-corrected chi connectivity index (χ2v) is 9.73. The van der Waals surface area contributed by atoms with E-state index in [-0.39, 0.29) is 17.9 Å². The lowest BCUT2D eigenvalue weighted by molar-refractivity contribution is -0.139. The topological polar surface area (TPSA) is 98.7 Å². The lowest BCUT2D eigenvalue weighted by Crippen LogP contribution is -2.39. The van der Waals surface area contributed by atoms with Gasteiger partial charge >= 0.3 is 5.97 Å². The monoisotopic (exact) mass is 514 g/mol. The molecular weight excluding hydrogens is 488 g/mol. The van der Waals surface area contributed by atoms with E-state index >= 15 is 0 Å². The lowest BCUT2D eigenvalue weighted by atomic mass is 9.96. The number of aromatic hydroxyl groups is 1. The second-order valence-electron chi connectivity index (χ2n) is 8.73. The van der Waals surface area contributed by atoms with E-state index in [1.807, 2.05) is 54.9 Å². The van der Waals surface area contributed by atoms with Gasteiger partial charge in [0.15, 0.2) is 4.80 Å². The smallest absolute Gasteiger partial charge is 0.338 e. The number of aryl methyl sites for hydroxylation is 1. The third kappa shape index (κ3) is 4.31. The molecule has 1 atom stereocenters. The molecule has 0 fully saturated rings. The molecule has 1 aliphatic heterocycles. The Morgan fingerprint density at radius 1 is 1.11 bits per heavy atom. The maximum atomic E-state index is 13.8. The van der Waals surface area contributed by atoms with Crippen LogP contribution in [0.2, 0.25) is 0 Å². The number of carbonyl (C=O) groups excluding carboxylic acids is 1. The molecule has 4 aromatic rings. The number of phenolic OH excluding ortho intramolecular Hbond substituents is 1. The first kappa shape index (κ1) is 24.5. The molecule has 0 saturated carbocycles. The van der Waals surface area contributed by atoms with E-state index < -0.39 is 12.0 Å².